The molecule has 1 unspecified atom stereocenters. The Morgan fingerprint density at radius 3 is 2.60 bits per heavy atom. The van der Waals surface area contributed by atoms with E-state index in [1.807, 2.05) is 0 Å². The van der Waals surface area contributed by atoms with Gasteiger partial charge in [-0.2, -0.15) is 0 Å². The number of hydrogen-bond acceptors (Lipinski definition) is 4. The molecule has 0 saturated heterocycles. The van der Waals surface area contributed by atoms with Crippen molar-refractivity contribution in [1.29, 1.82) is 0 Å². The van der Waals surface area contributed by atoms with Gasteiger partial charge in [0.25, 0.3) is 0 Å². The third-order valence-corrected chi connectivity index (χ3v) is 4.39. The minimum absolute atomic E-state index is 0.0853. The largest absolute Gasteiger partial charge is 0.394 e. The highest BCUT2D eigenvalue weighted by Crippen LogP contribution is 2.28. The highest BCUT2D eigenvalue weighted by Gasteiger charge is 2.25. The molecule has 1 saturated carbocycles. The molecule has 1 rings (SSSR count). The van der Waals surface area contributed by atoms with Crippen LogP contribution in [0.3, 0.4) is 0 Å². The fraction of sp³-hybridized carbons (Fsp3) is 1.00. The molecule has 0 spiro atoms. The van der Waals surface area contributed by atoms with Crippen LogP contribution in [0, 0.1) is 5.92 Å². The van der Waals surface area contributed by atoms with E-state index in [4.69, 9.17) is 4.74 Å². The van der Waals surface area contributed by atoms with Gasteiger partial charge in [-0.15, -0.1) is 0 Å². The summed E-state index contributed by atoms with van der Waals surface area (Å²) in [4.78, 5) is 2.33. The zero-order valence-electron chi connectivity index (χ0n) is 13.7. The number of nitrogens with zero attached hydrogens (tertiary/aromatic N) is 1. The predicted octanol–water partition coefficient (Wildman–Crippen LogP) is 1.88. The Kier molecular flexibility index (Phi) is 8.69. The Hall–Kier alpha value is -0.160. The van der Waals surface area contributed by atoms with Crippen LogP contribution in [0.5, 0.6) is 0 Å². The van der Waals surface area contributed by atoms with Crippen LogP contribution in [0.25, 0.3) is 0 Å². The molecule has 1 atom stereocenters. The molecule has 0 aromatic heterocycles. The molecule has 0 aliphatic heterocycles. The highest BCUT2D eigenvalue weighted by molar-refractivity contribution is 4.85. The standard InChI is InChI=1S/C16H34N2O2/c1-4-16(14-19,17-5-2)9-6-10-18(3)11-12-20-13-15-7-8-15/h15,17,19H,4-14H2,1-3H3. The van der Waals surface area contributed by atoms with Gasteiger partial charge in [-0.05, 0) is 58.2 Å². The minimum atomic E-state index is -0.0853. The number of aliphatic hydroxyl groups is 1. The van der Waals surface area contributed by atoms with E-state index in [2.05, 4.69) is 31.1 Å². The lowest BCUT2D eigenvalue weighted by molar-refractivity contribution is 0.0999. The van der Waals surface area contributed by atoms with E-state index in [1.165, 1.54) is 12.8 Å². The molecule has 120 valence electrons. The van der Waals surface area contributed by atoms with Crippen LogP contribution in [-0.2, 0) is 4.74 Å². The normalized spacial score (nSPS) is 18.4. The van der Waals surface area contributed by atoms with Gasteiger partial charge in [-0.3, -0.25) is 0 Å². The number of ether oxygens (including phenoxy) is 1. The Morgan fingerprint density at radius 1 is 1.30 bits per heavy atom. The van der Waals surface area contributed by atoms with Gasteiger partial charge < -0.3 is 20.1 Å². The zero-order valence-corrected chi connectivity index (χ0v) is 13.7. The van der Waals surface area contributed by atoms with Gasteiger partial charge in [-0.25, -0.2) is 0 Å². The molecule has 2 N–H and O–H groups in total. The van der Waals surface area contributed by atoms with E-state index in [0.29, 0.717) is 0 Å². The molecule has 0 bridgehead atoms. The molecular weight excluding hydrogens is 252 g/mol. The maximum Gasteiger partial charge on any atom is 0.0613 e. The molecule has 1 aliphatic rings. The second-order valence-corrected chi connectivity index (χ2v) is 6.25. The Morgan fingerprint density at radius 2 is 2.05 bits per heavy atom. The lowest BCUT2D eigenvalue weighted by Crippen LogP contribution is -2.48. The van der Waals surface area contributed by atoms with Crippen molar-refractivity contribution in [3.05, 3.63) is 0 Å². The Bertz CT molecular complexity index is 241. The van der Waals surface area contributed by atoms with Gasteiger partial charge in [0.2, 0.25) is 0 Å². The summed E-state index contributed by atoms with van der Waals surface area (Å²) in [7, 11) is 2.15. The van der Waals surface area contributed by atoms with E-state index >= 15 is 0 Å². The summed E-state index contributed by atoms with van der Waals surface area (Å²) >= 11 is 0. The zero-order chi connectivity index (χ0) is 14.8. The van der Waals surface area contributed by atoms with E-state index in [1.54, 1.807) is 0 Å². The van der Waals surface area contributed by atoms with Crippen molar-refractivity contribution in [1.82, 2.24) is 10.2 Å². The first-order valence-corrected chi connectivity index (χ1v) is 8.28. The van der Waals surface area contributed by atoms with Crippen LogP contribution in [0.15, 0.2) is 0 Å². The molecule has 0 amide bonds. The smallest absolute Gasteiger partial charge is 0.0613 e. The molecule has 1 fully saturated rings. The van der Waals surface area contributed by atoms with Crippen molar-refractivity contribution in [2.75, 3.05) is 46.5 Å². The SMILES string of the molecule is CCNC(CC)(CO)CCCN(C)CCOCC1CC1. The fourth-order valence-corrected chi connectivity index (χ4v) is 2.57. The Labute approximate surface area is 124 Å². The lowest BCUT2D eigenvalue weighted by Gasteiger charge is -2.32. The first-order chi connectivity index (χ1) is 9.65. The van der Waals surface area contributed by atoms with E-state index < -0.39 is 0 Å². The fourth-order valence-electron chi connectivity index (χ4n) is 2.57. The topological polar surface area (TPSA) is 44.7 Å². The molecule has 4 nitrogen and oxygen atoms in total. The summed E-state index contributed by atoms with van der Waals surface area (Å²) in [5.41, 5.74) is -0.0853. The summed E-state index contributed by atoms with van der Waals surface area (Å²) in [5, 5.41) is 13.1. The molecule has 0 aromatic carbocycles. The summed E-state index contributed by atoms with van der Waals surface area (Å²) in [6.45, 7) is 9.27. The summed E-state index contributed by atoms with van der Waals surface area (Å²) in [5.74, 6) is 0.857. The monoisotopic (exact) mass is 286 g/mol. The van der Waals surface area contributed by atoms with Crippen LogP contribution >= 0.6 is 0 Å². The second-order valence-electron chi connectivity index (χ2n) is 6.25. The number of aliphatic hydroxyl groups excluding tert-OH is 1. The number of likely N-dealkylation sites (N-methyl/N-ethyl adjacent to an activating group) is 2. The first kappa shape index (κ1) is 17.9. The predicted molar refractivity (Wildman–Crippen MR) is 84.1 cm³/mol. The van der Waals surface area contributed by atoms with Crippen LogP contribution in [-0.4, -0.2) is 62.0 Å². The van der Waals surface area contributed by atoms with Crippen molar-refractivity contribution in [3.8, 4) is 0 Å². The Balaban J connectivity index is 2.07. The van der Waals surface area contributed by atoms with Crippen molar-refractivity contribution in [2.45, 2.75) is 51.5 Å². The number of nitrogens with one attached hydrogen (secondary N) is 1. The quantitative estimate of drug-likeness (QED) is 0.507. The maximum atomic E-state index is 9.61. The lowest BCUT2D eigenvalue weighted by atomic mass is 9.91. The molecule has 0 heterocycles. The molecule has 4 heteroatoms. The number of rotatable bonds is 13. The molecule has 1 aliphatic carbocycles. The van der Waals surface area contributed by atoms with Crippen LogP contribution in [0.1, 0.15) is 46.0 Å². The van der Waals surface area contributed by atoms with Crippen molar-refractivity contribution < 1.29 is 9.84 Å². The van der Waals surface area contributed by atoms with E-state index in [9.17, 15) is 5.11 Å². The van der Waals surface area contributed by atoms with Gasteiger partial charge in [-0.1, -0.05) is 13.8 Å². The highest BCUT2D eigenvalue weighted by atomic mass is 16.5. The van der Waals surface area contributed by atoms with Crippen LogP contribution < -0.4 is 5.32 Å². The van der Waals surface area contributed by atoms with E-state index in [0.717, 1.165) is 58.0 Å². The maximum absolute atomic E-state index is 9.61. The molecule has 20 heavy (non-hydrogen) atoms. The average Bonchev–Trinajstić information content (AvgIpc) is 3.27. The number of hydrogen-bond donors (Lipinski definition) is 2. The summed E-state index contributed by atoms with van der Waals surface area (Å²) in [6.07, 6.45) is 5.84. The average molecular weight is 286 g/mol. The van der Waals surface area contributed by atoms with Gasteiger partial charge in [0, 0.05) is 18.7 Å². The van der Waals surface area contributed by atoms with E-state index in [-0.39, 0.29) is 12.1 Å². The van der Waals surface area contributed by atoms with Gasteiger partial charge in [0.15, 0.2) is 0 Å². The van der Waals surface area contributed by atoms with Crippen LogP contribution in [0.2, 0.25) is 0 Å². The summed E-state index contributed by atoms with van der Waals surface area (Å²) in [6, 6.07) is 0. The third kappa shape index (κ3) is 7.02. The first-order valence-electron chi connectivity index (χ1n) is 8.28. The van der Waals surface area contributed by atoms with Gasteiger partial charge >= 0.3 is 0 Å². The van der Waals surface area contributed by atoms with Gasteiger partial charge in [0.05, 0.1) is 13.2 Å². The summed E-state index contributed by atoms with van der Waals surface area (Å²) < 4.78 is 5.66. The van der Waals surface area contributed by atoms with Crippen LogP contribution in [0.4, 0.5) is 0 Å². The third-order valence-electron chi connectivity index (χ3n) is 4.39. The second kappa shape index (κ2) is 9.72. The molecular formula is C16H34N2O2. The van der Waals surface area contributed by atoms with Crippen molar-refractivity contribution in [3.63, 3.8) is 0 Å². The molecule has 0 radical (unpaired) electrons. The van der Waals surface area contributed by atoms with Crippen molar-refractivity contribution >= 4 is 0 Å². The van der Waals surface area contributed by atoms with Crippen molar-refractivity contribution in [2.24, 2.45) is 5.92 Å². The molecule has 0 aromatic rings. The minimum Gasteiger partial charge on any atom is -0.394 e. The van der Waals surface area contributed by atoms with Gasteiger partial charge in [0.1, 0.15) is 0 Å².